The summed E-state index contributed by atoms with van der Waals surface area (Å²) >= 11 is 0. The van der Waals surface area contributed by atoms with Gasteiger partial charge in [0.25, 0.3) is 5.56 Å². The molecule has 0 saturated heterocycles. The second-order valence-corrected chi connectivity index (χ2v) is 9.94. The number of hydrogen-bond donors (Lipinski definition) is 1. The quantitative estimate of drug-likeness (QED) is 0.608. The third kappa shape index (κ3) is 4.33. The zero-order valence-corrected chi connectivity index (χ0v) is 19.8. The molecular weight excluding hydrogens is 430 g/mol. The topological polar surface area (TPSA) is 90.9 Å². The minimum atomic E-state index is -0.495. The Morgan fingerprint density at radius 1 is 1.00 bits per heavy atom. The van der Waals surface area contributed by atoms with E-state index in [1.807, 2.05) is 34.9 Å². The molecule has 2 unspecified atom stereocenters. The highest BCUT2D eigenvalue weighted by Gasteiger charge is 2.26. The van der Waals surface area contributed by atoms with Crippen LogP contribution in [0.2, 0.25) is 0 Å². The molecule has 3 aromatic rings. The van der Waals surface area contributed by atoms with Crippen LogP contribution >= 0.6 is 0 Å². The fourth-order valence-electron chi connectivity index (χ4n) is 5.64. The minimum Gasteiger partial charge on any atom is -0.352 e. The van der Waals surface area contributed by atoms with Gasteiger partial charge in [-0.05, 0) is 37.2 Å². The zero-order chi connectivity index (χ0) is 23.7. The van der Waals surface area contributed by atoms with Crippen LogP contribution in [0, 0.1) is 5.92 Å². The maximum Gasteiger partial charge on any atom is 0.333 e. The summed E-state index contributed by atoms with van der Waals surface area (Å²) in [5.41, 5.74) is 0.821. The predicted octanol–water partition coefficient (Wildman–Crippen LogP) is 3.22. The maximum atomic E-state index is 13.6. The molecule has 2 aromatic heterocycles. The Morgan fingerprint density at radius 3 is 2.44 bits per heavy atom. The third-order valence-corrected chi connectivity index (χ3v) is 7.60. The molecule has 2 aliphatic rings. The smallest absolute Gasteiger partial charge is 0.333 e. The molecule has 8 nitrogen and oxygen atoms in total. The third-order valence-electron chi connectivity index (χ3n) is 7.60. The average Bonchev–Trinajstić information content (AvgIpc) is 3.52. The molecule has 5 rings (SSSR count). The van der Waals surface area contributed by atoms with Gasteiger partial charge in [-0.1, -0.05) is 62.9 Å². The van der Waals surface area contributed by atoms with E-state index in [2.05, 4.69) is 17.2 Å². The molecule has 1 N–H and O–H groups in total. The van der Waals surface area contributed by atoms with Crippen molar-refractivity contribution >= 4 is 17.1 Å². The monoisotopic (exact) mass is 463 g/mol. The maximum absolute atomic E-state index is 13.6. The lowest BCUT2D eigenvalue weighted by atomic mass is 9.86. The first-order valence-corrected chi connectivity index (χ1v) is 12.6. The van der Waals surface area contributed by atoms with Crippen LogP contribution in [0.4, 0.5) is 0 Å². The summed E-state index contributed by atoms with van der Waals surface area (Å²) in [5, 5.41) is 3.08. The second kappa shape index (κ2) is 9.60. The highest BCUT2D eigenvalue weighted by Crippen LogP contribution is 2.31. The minimum absolute atomic E-state index is 0.0937. The number of benzene rings is 1. The van der Waals surface area contributed by atoms with E-state index in [9.17, 15) is 14.4 Å². The van der Waals surface area contributed by atoms with Crippen LogP contribution in [0.5, 0.6) is 0 Å². The molecule has 8 heteroatoms. The number of nitrogens with one attached hydrogen (secondary N) is 1. The molecule has 2 aliphatic carbocycles. The van der Waals surface area contributed by atoms with Gasteiger partial charge in [-0.2, -0.15) is 0 Å². The van der Waals surface area contributed by atoms with Gasteiger partial charge >= 0.3 is 5.69 Å². The van der Waals surface area contributed by atoms with E-state index in [0.29, 0.717) is 23.6 Å². The van der Waals surface area contributed by atoms with Gasteiger partial charge in [0, 0.05) is 12.1 Å². The number of hydrogen-bond acceptors (Lipinski definition) is 4. The van der Waals surface area contributed by atoms with Gasteiger partial charge in [-0.3, -0.25) is 14.2 Å². The lowest BCUT2D eigenvalue weighted by Crippen LogP contribution is -2.47. The van der Waals surface area contributed by atoms with Crippen molar-refractivity contribution in [2.45, 2.75) is 83.5 Å². The highest BCUT2D eigenvalue weighted by atomic mass is 16.2. The molecule has 1 amide bonds. The summed E-state index contributed by atoms with van der Waals surface area (Å²) < 4.78 is 4.57. The largest absolute Gasteiger partial charge is 0.352 e. The molecule has 0 aliphatic heterocycles. The molecule has 0 spiro atoms. The van der Waals surface area contributed by atoms with E-state index in [4.69, 9.17) is 0 Å². The lowest BCUT2D eigenvalue weighted by Gasteiger charge is -2.29. The number of nitrogens with zero attached hydrogens (tertiary/aromatic N) is 4. The first-order chi connectivity index (χ1) is 16.5. The summed E-state index contributed by atoms with van der Waals surface area (Å²) in [5.74, 6) is 0.117. The number of carbonyl (C=O) groups excluding carboxylic acids is 1. The highest BCUT2D eigenvalue weighted by molar-refractivity contribution is 5.77. The molecule has 34 heavy (non-hydrogen) atoms. The Balaban J connectivity index is 1.56. The summed E-state index contributed by atoms with van der Waals surface area (Å²) in [4.78, 5) is 44.6. The van der Waals surface area contributed by atoms with E-state index in [-0.39, 0.29) is 24.5 Å². The molecule has 2 heterocycles. The first kappa shape index (κ1) is 22.6. The van der Waals surface area contributed by atoms with Crippen molar-refractivity contribution in [1.29, 1.82) is 0 Å². The molecule has 2 atom stereocenters. The van der Waals surface area contributed by atoms with Crippen LogP contribution in [0.25, 0.3) is 11.2 Å². The Bertz CT molecular complexity index is 1280. The first-order valence-electron chi connectivity index (χ1n) is 12.6. The number of amides is 1. The number of aromatic nitrogens is 4. The van der Waals surface area contributed by atoms with Crippen LogP contribution in [-0.4, -0.2) is 30.6 Å². The van der Waals surface area contributed by atoms with Crippen LogP contribution in [-0.2, 0) is 17.9 Å². The fourth-order valence-corrected chi connectivity index (χ4v) is 5.64. The van der Waals surface area contributed by atoms with Crippen LogP contribution in [0.3, 0.4) is 0 Å². The van der Waals surface area contributed by atoms with Crippen molar-refractivity contribution in [3.8, 4) is 0 Å². The number of carbonyl (C=O) groups is 1. The Hall–Kier alpha value is -3.16. The van der Waals surface area contributed by atoms with Crippen molar-refractivity contribution < 1.29 is 4.79 Å². The van der Waals surface area contributed by atoms with Crippen molar-refractivity contribution in [3.05, 3.63) is 63.1 Å². The summed E-state index contributed by atoms with van der Waals surface area (Å²) in [6.45, 7) is 2.16. The molecule has 1 aromatic carbocycles. The zero-order valence-electron chi connectivity index (χ0n) is 19.8. The van der Waals surface area contributed by atoms with Gasteiger partial charge in [-0.15, -0.1) is 0 Å². The van der Waals surface area contributed by atoms with Crippen LogP contribution in [0.1, 0.15) is 69.9 Å². The van der Waals surface area contributed by atoms with Gasteiger partial charge in [0.15, 0.2) is 11.2 Å². The molecule has 180 valence electrons. The Morgan fingerprint density at radius 2 is 1.71 bits per heavy atom. The van der Waals surface area contributed by atoms with Crippen molar-refractivity contribution in [1.82, 2.24) is 24.0 Å². The number of imidazole rings is 1. The standard InChI is InChI=1S/C26H33N5O3/c1-18-9-5-8-14-21(18)28-22(32)16-30-25(33)23-24(27-17-31(23)20-12-6-7-13-20)29(26(30)34)15-19-10-3-2-4-11-19/h2-4,10-11,17-18,20-21H,5-9,12-16H2,1H3,(H,28,32). The number of rotatable bonds is 6. The molecular formula is C26H33N5O3. The van der Waals surface area contributed by atoms with Crippen LogP contribution < -0.4 is 16.6 Å². The summed E-state index contributed by atoms with van der Waals surface area (Å²) in [6.07, 6.45) is 10.2. The lowest BCUT2D eigenvalue weighted by molar-refractivity contribution is -0.123. The van der Waals surface area contributed by atoms with Crippen molar-refractivity contribution in [2.75, 3.05) is 0 Å². The van der Waals surface area contributed by atoms with E-state index >= 15 is 0 Å². The Kier molecular flexibility index (Phi) is 6.39. The van der Waals surface area contributed by atoms with Crippen molar-refractivity contribution in [3.63, 3.8) is 0 Å². The molecule has 0 bridgehead atoms. The van der Waals surface area contributed by atoms with Gasteiger partial charge in [-0.25, -0.2) is 14.3 Å². The van der Waals surface area contributed by atoms with Gasteiger partial charge in [0.2, 0.25) is 5.91 Å². The molecule has 2 saturated carbocycles. The fraction of sp³-hybridized carbons (Fsp3) is 0.538. The summed E-state index contributed by atoms with van der Waals surface area (Å²) in [6, 6.07) is 9.95. The Labute approximate surface area is 198 Å². The molecule has 0 radical (unpaired) electrons. The normalized spacial score (nSPS) is 21.2. The van der Waals surface area contributed by atoms with E-state index in [1.54, 1.807) is 6.33 Å². The second-order valence-electron chi connectivity index (χ2n) is 9.94. The van der Waals surface area contributed by atoms with Gasteiger partial charge in [0.1, 0.15) is 6.54 Å². The molecule has 2 fully saturated rings. The van der Waals surface area contributed by atoms with Gasteiger partial charge in [0.05, 0.1) is 12.9 Å². The van der Waals surface area contributed by atoms with E-state index < -0.39 is 11.2 Å². The summed E-state index contributed by atoms with van der Waals surface area (Å²) in [7, 11) is 0. The van der Waals surface area contributed by atoms with Gasteiger partial charge < -0.3 is 9.88 Å². The number of fused-ring (bicyclic) bond motifs is 1. The SMILES string of the molecule is CC1CCCCC1NC(=O)Cn1c(=O)c2c(ncn2C2CCCC2)n(Cc2ccccc2)c1=O. The van der Waals surface area contributed by atoms with Crippen molar-refractivity contribution in [2.24, 2.45) is 5.92 Å². The van der Waals surface area contributed by atoms with E-state index in [0.717, 1.165) is 55.1 Å². The van der Waals surface area contributed by atoms with Crippen LogP contribution in [0.15, 0.2) is 46.2 Å². The predicted molar refractivity (Wildman–Crippen MR) is 131 cm³/mol. The average molecular weight is 464 g/mol. The van der Waals surface area contributed by atoms with E-state index in [1.165, 1.54) is 11.0 Å².